The van der Waals surface area contributed by atoms with Crippen molar-refractivity contribution in [3.63, 3.8) is 0 Å². The van der Waals surface area contributed by atoms with Gasteiger partial charge in [0.2, 0.25) is 0 Å². The van der Waals surface area contributed by atoms with Gasteiger partial charge in [-0.1, -0.05) is 0 Å². The molecule has 1 aromatic rings. The van der Waals surface area contributed by atoms with E-state index in [-0.39, 0.29) is 0 Å². The van der Waals surface area contributed by atoms with Gasteiger partial charge in [-0.25, -0.2) is 0 Å². The minimum Gasteiger partial charge on any atom is -0.468 e. The van der Waals surface area contributed by atoms with Crippen molar-refractivity contribution in [1.82, 2.24) is 0 Å². The second kappa shape index (κ2) is 1.94. The zero-order chi connectivity index (χ0) is 6.85. The van der Waals surface area contributed by atoms with E-state index in [1.807, 2.05) is 19.9 Å². The van der Waals surface area contributed by atoms with Gasteiger partial charge in [0.15, 0.2) is 0 Å². The Labute approximate surface area is 53.7 Å². The molecule has 0 saturated carbocycles. The highest BCUT2D eigenvalue weighted by atomic mass is 16.3. The second-order valence-electron chi connectivity index (χ2n) is 1.94. The molecule has 0 bridgehead atoms. The summed E-state index contributed by atoms with van der Waals surface area (Å²) in [4.78, 5) is 0. The molecule has 2 nitrogen and oxygen atoms in total. The van der Waals surface area contributed by atoms with Gasteiger partial charge in [-0.15, -0.1) is 0 Å². The van der Waals surface area contributed by atoms with E-state index in [4.69, 9.17) is 9.68 Å². The third-order valence-electron chi connectivity index (χ3n) is 1.41. The van der Waals surface area contributed by atoms with Crippen LogP contribution in [0.2, 0.25) is 0 Å². The van der Waals surface area contributed by atoms with Gasteiger partial charge in [-0.05, 0) is 13.8 Å². The highest BCUT2D eigenvalue weighted by molar-refractivity contribution is 5.35. The third-order valence-corrected chi connectivity index (χ3v) is 1.41. The number of hydrogen-bond acceptors (Lipinski definition) is 2. The molecule has 0 radical (unpaired) electrons. The number of furan rings is 1. The predicted molar refractivity (Wildman–Crippen MR) is 32.9 cm³/mol. The molecule has 1 aromatic heterocycles. The van der Waals surface area contributed by atoms with E-state index in [9.17, 15) is 0 Å². The Hall–Kier alpha value is -1.23. The lowest BCUT2D eigenvalue weighted by molar-refractivity contribution is 0.531. The number of hydrogen-bond donors (Lipinski definition) is 0. The monoisotopic (exact) mass is 121 g/mol. The summed E-state index contributed by atoms with van der Waals surface area (Å²) >= 11 is 0. The summed E-state index contributed by atoms with van der Waals surface area (Å²) in [6, 6.07) is 2.02. The van der Waals surface area contributed by atoms with Crippen molar-refractivity contribution >= 4 is 0 Å². The smallest absolute Gasteiger partial charge is 0.109 e. The molecule has 0 aliphatic heterocycles. The van der Waals surface area contributed by atoms with Crippen molar-refractivity contribution in [2.45, 2.75) is 13.8 Å². The molecule has 0 fully saturated rings. The fraction of sp³-hybridized carbons (Fsp3) is 0.286. The van der Waals surface area contributed by atoms with Crippen LogP contribution in [0.3, 0.4) is 0 Å². The maximum atomic E-state index is 8.42. The zero-order valence-corrected chi connectivity index (χ0v) is 5.43. The molecule has 0 aliphatic carbocycles. The molecule has 9 heavy (non-hydrogen) atoms. The third kappa shape index (κ3) is 0.812. The molecule has 0 atom stereocenters. The standard InChI is InChI=1S/C7H7NO/c1-5-6(2)9-4-7(5)3-8/h4H,1-2H3. The van der Waals surface area contributed by atoms with Crippen molar-refractivity contribution in [3.05, 3.63) is 23.2 Å². The van der Waals surface area contributed by atoms with E-state index in [1.165, 1.54) is 6.26 Å². The summed E-state index contributed by atoms with van der Waals surface area (Å²) in [5.41, 5.74) is 1.57. The summed E-state index contributed by atoms with van der Waals surface area (Å²) in [6.45, 7) is 3.72. The van der Waals surface area contributed by atoms with Crippen LogP contribution in [0, 0.1) is 25.2 Å². The first-order valence-electron chi connectivity index (χ1n) is 2.70. The van der Waals surface area contributed by atoms with Crippen LogP contribution in [0.25, 0.3) is 0 Å². The fourth-order valence-electron chi connectivity index (χ4n) is 0.624. The maximum Gasteiger partial charge on any atom is 0.109 e. The molecule has 46 valence electrons. The number of rotatable bonds is 0. The average Bonchev–Trinajstić information content (AvgIpc) is 2.15. The fourth-order valence-corrected chi connectivity index (χ4v) is 0.624. The van der Waals surface area contributed by atoms with Gasteiger partial charge in [-0.3, -0.25) is 0 Å². The van der Waals surface area contributed by atoms with Crippen LogP contribution in [0.4, 0.5) is 0 Å². The number of nitriles is 1. The molecule has 0 N–H and O–H groups in total. The summed E-state index contributed by atoms with van der Waals surface area (Å²) < 4.78 is 4.96. The van der Waals surface area contributed by atoms with E-state index in [0.29, 0.717) is 5.56 Å². The summed E-state index contributed by atoms with van der Waals surface area (Å²) in [6.07, 6.45) is 1.48. The Morgan fingerprint density at radius 2 is 2.22 bits per heavy atom. The topological polar surface area (TPSA) is 36.9 Å². The predicted octanol–water partition coefficient (Wildman–Crippen LogP) is 1.77. The Morgan fingerprint density at radius 1 is 1.56 bits per heavy atom. The first-order chi connectivity index (χ1) is 4.25. The quantitative estimate of drug-likeness (QED) is 0.524. The molecule has 0 aromatic carbocycles. The van der Waals surface area contributed by atoms with Gasteiger partial charge in [0, 0.05) is 5.56 Å². The molecule has 0 unspecified atom stereocenters. The van der Waals surface area contributed by atoms with Crippen LogP contribution in [-0.4, -0.2) is 0 Å². The van der Waals surface area contributed by atoms with Crippen molar-refractivity contribution in [1.29, 1.82) is 5.26 Å². The molecular weight excluding hydrogens is 114 g/mol. The lowest BCUT2D eigenvalue weighted by Crippen LogP contribution is -1.73. The van der Waals surface area contributed by atoms with Gasteiger partial charge in [-0.2, -0.15) is 5.26 Å². The van der Waals surface area contributed by atoms with E-state index in [2.05, 4.69) is 0 Å². The molecule has 1 rings (SSSR count). The van der Waals surface area contributed by atoms with Gasteiger partial charge in [0.05, 0.1) is 5.56 Å². The largest absolute Gasteiger partial charge is 0.468 e. The van der Waals surface area contributed by atoms with Crippen molar-refractivity contribution in [2.75, 3.05) is 0 Å². The van der Waals surface area contributed by atoms with Crippen LogP contribution in [0.5, 0.6) is 0 Å². The molecule has 0 saturated heterocycles. The molecule has 0 aliphatic rings. The Bertz CT molecular complexity index is 254. The summed E-state index contributed by atoms with van der Waals surface area (Å²) in [5.74, 6) is 0.826. The Balaban J connectivity index is 3.24. The van der Waals surface area contributed by atoms with E-state index in [0.717, 1.165) is 11.3 Å². The maximum absolute atomic E-state index is 8.42. The Morgan fingerprint density at radius 3 is 2.44 bits per heavy atom. The minimum atomic E-state index is 0.632. The van der Waals surface area contributed by atoms with Gasteiger partial charge in [0.1, 0.15) is 18.1 Å². The van der Waals surface area contributed by atoms with Crippen LogP contribution >= 0.6 is 0 Å². The van der Waals surface area contributed by atoms with Gasteiger partial charge in [0.25, 0.3) is 0 Å². The Kier molecular flexibility index (Phi) is 1.27. The van der Waals surface area contributed by atoms with Crippen LogP contribution in [0.1, 0.15) is 16.9 Å². The average molecular weight is 121 g/mol. The summed E-state index contributed by atoms with van der Waals surface area (Å²) in [5, 5.41) is 8.42. The molecule has 0 spiro atoms. The van der Waals surface area contributed by atoms with E-state index in [1.54, 1.807) is 0 Å². The minimum absolute atomic E-state index is 0.632. The van der Waals surface area contributed by atoms with Crippen LogP contribution in [0.15, 0.2) is 10.7 Å². The highest BCUT2D eigenvalue weighted by Gasteiger charge is 2.02. The van der Waals surface area contributed by atoms with Crippen molar-refractivity contribution in [3.8, 4) is 6.07 Å². The normalized spacial score (nSPS) is 9.00. The number of nitrogens with zero attached hydrogens (tertiary/aromatic N) is 1. The van der Waals surface area contributed by atoms with Crippen molar-refractivity contribution < 1.29 is 4.42 Å². The van der Waals surface area contributed by atoms with E-state index >= 15 is 0 Å². The molecule has 2 heteroatoms. The highest BCUT2D eigenvalue weighted by Crippen LogP contribution is 2.12. The van der Waals surface area contributed by atoms with Crippen molar-refractivity contribution in [2.24, 2.45) is 0 Å². The van der Waals surface area contributed by atoms with Gasteiger partial charge < -0.3 is 4.42 Å². The van der Waals surface area contributed by atoms with E-state index < -0.39 is 0 Å². The molecular formula is C7H7NO. The zero-order valence-electron chi connectivity index (χ0n) is 5.43. The first kappa shape index (κ1) is 5.90. The molecule has 1 heterocycles. The SMILES string of the molecule is Cc1occ(C#N)c1C. The van der Waals surface area contributed by atoms with Crippen LogP contribution < -0.4 is 0 Å². The van der Waals surface area contributed by atoms with Crippen LogP contribution in [-0.2, 0) is 0 Å². The molecule has 0 amide bonds. The lowest BCUT2D eigenvalue weighted by Gasteiger charge is -1.82. The second-order valence-corrected chi connectivity index (χ2v) is 1.94. The summed E-state index contributed by atoms with van der Waals surface area (Å²) in [7, 11) is 0. The lowest BCUT2D eigenvalue weighted by atomic mass is 10.2. The number of aryl methyl sites for hydroxylation is 1. The van der Waals surface area contributed by atoms with Gasteiger partial charge >= 0.3 is 0 Å². The first-order valence-corrected chi connectivity index (χ1v) is 2.70.